The van der Waals surface area contributed by atoms with Gasteiger partial charge in [-0.15, -0.1) is 0 Å². The van der Waals surface area contributed by atoms with E-state index in [1.807, 2.05) is 35.2 Å². The highest BCUT2D eigenvalue weighted by Gasteiger charge is 2.24. The Morgan fingerprint density at radius 3 is 2.62 bits per heavy atom. The molecule has 0 N–H and O–H groups in total. The van der Waals surface area contributed by atoms with Crippen LogP contribution in [0.4, 0.5) is 0 Å². The zero-order chi connectivity index (χ0) is 18.4. The van der Waals surface area contributed by atoms with Gasteiger partial charge in [-0.05, 0) is 58.5 Å². The first-order valence-electron chi connectivity index (χ1n) is 8.92. The predicted molar refractivity (Wildman–Crippen MR) is 105 cm³/mol. The molecule has 0 aliphatic carbocycles. The molecule has 0 aromatic heterocycles. The van der Waals surface area contributed by atoms with Crippen LogP contribution in [-0.4, -0.2) is 37.7 Å². The Bertz CT molecular complexity index is 729. The van der Waals surface area contributed by atoms with Crippen molar-refractivity contribution in [1.29, 1.82) is 0 Å². The number of amides is 1. The van der Waals surface area contributed by atoms with Crippen LogP contribution in [0.3, 0.4) is 0 Å². The molecule has 1 aliphatic rings. The molecule has 2 aromatic rings. The fourth-order valence-electron chi connectivity index (χ4n) is 3.23. The number of ether oxygens (including phenoxy) is 2. The van der Waals surface area contributed by atoms with Crippen LogP contribution in [0.1, 0.15) is 28.8 Å². The monoisotopic (exact) mass is 417 g/mol. The molecule has 3 rings (SSSR count). The number of benzene rings is 2. The Hall–Kier alpha value is -1.85. The number of hydrogen-bond acceptors (Lipinski definition) is 3. The highest BCUT2D eigenvalue weighted by Crippen LogP contribution is 2.26. The first kappa shape index (κ1) is 18.9. The molecule has 26 heavy (non-hydrogen) atoms. The maximum absolute atomic E-state index is 13.3. The van der Waals surface area contributed by atoms with E-state index in [1.54, 1.807) is 13.2 Å². The van der Waals surface area contributed by atoms with Crippen LogP contribution in [0.15, 0.2) is 53.0 Å². The molecule has 2 aromatic carbocycles. The third-order valence-corrected chi connectivity index (χ3v) is 5.42. The summed E-state index contributed by atoms with van der Waals surface area (Å²) in [5.41, 5.74) is 1.76. The molecule has 1 saturated heterocycles. The van der Waals surface area contributed by atoms with Crippen molar-refractivity contribution in [3.8, 4) is 5.75 Å². The molecule has 1 aliphatic heterocycles. The lowest BCUT2D eigenvalue weighted by atomic mass is 9.99. The molecule has 1 heterocycles. The van der Waals surface area contributed by atoms with Crippen molar-refractivity contribution in [3.05, 3.63) is 64.1 Å². The second-order valence-corrected chi connectivity index (χ2v) is 7.43. The maximum atomic E-state index is 13.3. The van der Waals surface area contributed by atoms with Gasteiger partial charge >= 0.3 is 0 Å². The lowest BCUT2D eigenvalue weighted by Gasteiger charge is -2.30. The molecule has 0 spiro atoms. The number of nitrogens with zero attached hydrogens (tertiary/aromatic N) is 1. The quantitative estimate of drug-likeness (QED) is 0.692. The molecule has 4 nitrogen and oxygen atoms in total. The van der Waals surface area contributed by atoms with Crippen LogP contribution in [0.5, 0.6) is 5.75 Å². The standard InChI is InChI=1S/C21H24BrNO3/c1-25-18-7-8-20(22)19(13-18)21(24)23(14-16-5-3-2-4-6-16)15-17-9-11-26-12-10-17/h2-8,13,17H,9-12,14-15H2,1H3. The summed E-state index contributed by atoms with van der Waals surface area (Å²) in [7, 11) is 1.61. The number of rotatable bonds is 6. The summed E-state index contributed by atoms with van der Waals surface area (Å²) < 4.78 is 11.6. The Balaban J connectivity index is 1.84. The fraction of sp³-hybridized carbons (Fsp3) is 0.381. The van der Waals surface area contributed by atoms with Crippen LogP contribution < -0.4 is 4.74 Å². The molecule has 0 unspecified atom stereocenters. The number of halogens is 1. The van der Waals surface area contributed by atoms with Crippen molar-refractivity contribution >= 4 is 21.8 Å². The third kappa shape index (κ3) is 4.86. The minimum atomic E-state index is 0.0196. The Kier molecular flexibility index (Phi) is 6.69. The van der Waals surface area contributed by atoms with E-state index in [0.29, 0.717) is 23.8 Å². The zero-order valence-corrected chi connectivity index (χ0v) is 16.6. The molecule has 0 bridgehead atoms. The highest BCUT2D eigenvalue weighted by molar-refractivity contribution is 9.10. The topological polar surface area (TPSA) is 38.8 Å². The van der Waals surface area contributed by atoms with E-state index in [-0.39, 0.29) is 5.91 Å². The molecule has 5 heteroatoms. The normalized spacial score (nSPS) is 14.8. The van der Waals surface area contributed by atoms with Gasteiger partial charge in [0.1, 0.15) is 5.75 Å². The van der Waals surface area contributed by atoms with Gasteiger partial charge in [0.2, 0.25) is 0 Å². The van der Waals surface area contributed by atoms with Crippen LogP contribution >= 0.6 is 15.9 Å². The van der Waals surface area contributed by atoms with Crippen LogP contribution in [0, 0.1) is 5.92 Å². The van der Waals surface area contributed by atoms with Crippen molar-refractivity contribution in [2.75, 3.05) is 26.9 Å². The first-order chi connectivity index (χ1) is 12.7. The summed E-state index contributed by atoms with van der Waals surface area (Å²) in [6.45, 7) is 2.89. The molecule has 1 amide bonds. The van der Waals surface area contributed by atoms with Crippen molar-refractivity contribution in [1.82, 2.24) is 4.90 Å². The van der Waals surface area contributed by atoms with E-state index in [4.69, 9.17) is 9.47 Å². The van der Waals surface area contributed by atoms with E-state index < -0.39 is 0 Å². The van der Waals surface area contributed by atoms with Gasteiger partial charge in [-0.2, -0.15) is 0 Å². The van der Waals surface area contributed by atoms with Crippen LogP contribution in [0.2, 0.25) is 0 Å². The average molecular weight is 418 g/mol. The molecule has 0 saturated carbocycles. The number of methoxy groups -OCH3 is 1. The van der Waals surface area contributed by atoms with Gasteiger partial charge in [0.25, 0.3) is 5.91 Å². The highest BCUT2D eigenvalue weighted by atomic mass is 79.9. The van der Waals surface area contributed by atoms with Crippen molar-refractivity contribution in [2.45, 2.75) is 19.4 Å². The number of carbonyl (C=O) groups is 1. The van der Waals surface area contributed by atoms with Crippen molar-refractivity contribution in [2.24, 2.45) is 5.92 Å². The van der Waals surface area contributed by atoms with Gasteiger partial charge in [0.05, 0.1) is 12.7 Å². The van der Waals surface area contributed by atoms with Crippen LogP contribution in [0.25, 0.3) is 0 Å². The molecule has 138 valence electrons. The van der Waals surface area contributed by atoms with E-state index in [1.165, 1.54) is 0 Å². The Morgan fingerprint density at radius 1 is 1.19 bits per heavy atom. The largest absolute Gasteiger partial charge is 0.497 e. The summed E-state index contributed by atoms with van der Waals surface area (Å²) in [6.07, 6.45) is 2.00. The van der Waals surface area contributed by atoms with Gasteiger partial charge < -0.3 is 14.4 Å². The van der Waals surface area contributed by atoms with Crippen LogP contribution in [-0.2, 0) is 11.3 Å². The lowest BCUT2D eigenvalue weighted by molar-refractivity contribution is 0.0445. The molecule has 0 radical (unpaired) electrons. The first-order valence-corrected chi connectivity index (χ1v) is 9.71. The lowest BCUT2D eigenvalue weighted by Crippen LogP contribution is -2.37. The summed E-state index contributed by atoms with van der Waals surface area (Å²) >= 11 is 3.52. The minimum Gasteiger partial charge on any atom is -0.497 e. The van der Waals surface area contributed by atoms with Gasteiger partial charge in [0, 0.05) is 30.8 Å². The predicted octanol–water partition coefficient (Wildman–Crippen LogP) is 4.53. The fourth-order valence-corrected chi connectivity index (χ4v) is 3.65. The number of hydrogen-bond donors (Lipinski definition) is 0. The second kappa shape index (κ2) is 9.19. The van der Waals surface area contributed by atoms with E-state index in [9.17, 15) is 4.79 Å². The summed E-state index contributed by atoms with van der Waals surface area (Å²) in [4.78, 5) is 15.3. The van der Waals surface area contributed by atoms with E-state index in [2.05, 4.69) is 28.1 Å². The van der Waals surface area contributed by atoms with Gasteiger partial charge in [-0.25, -0.2) is 0 Å². The Labute approximate surface area is 163 Å². The molecular weight excluding hydrogens is 394 g/mol. The average Bonchev–Trinajstić information content (AvgIpc) is 2.69. The summed E-state index contributed by atoms with van der Waals surface area (Å²) in [5.74, 6) is 1.18. The van der Waals surface area contributed by atoms with Gasteiger partial charge in [0.15, 0.2) is 0 Å². The second-order valence-electron chi connectivity index (χ2n) is 6.57. The molecule has 0 atom stereocenters. The summed E-state index contributed by atoms with van der Waals surface area (Å²) in [5, 5.41) is 0. The van der Waals surface area contributed by atoms with Crippen molar-refractivity contribution < 1.29 is 14.3 Å². The third-order valence-electron chi connectivity index (χ3n) is 4.73. The molecule has 1 fully saturated rings. The Morgan fingerprint density at radius 2 is 1.92 bits per heavy atom. The van der Waals surface area contributed by atoms with Gasteiger partial charge in [-0.3, -0.25) is 4.79 Å². The van der Waals surface area contributed by atoms with Crippen molar-refractivity contribution in [3.63, 3.8) is 0 Å². The SMILES string of the molecule is COc1ccc(Br)c(C(=O)N(Cc2ccccc2)CC2CCOCC2)c1. The van der Waals surface area contributed by atoms with Gasteiger partial charge in [-0.1, -0.05) is 30.3 Å². The van der Waals surface area contributed by atoms with E-state index >= 15 is 0 Å². The van der Waals surface area contributed by atoms with E-state index in [0.717, 1.165) is 42.6 Å². The zero-order valence-electron chi connectivity index (χ0n) is 15.0. The minimum absolute atomic E-state index is 0.0196. The summed E-state index contributed by atoms with van der Waals surface area (Å²) in [6, 6.07) is 15.6. The number of carbonyl (C=O) groups excluding carboxylic acids is 1. The smallest absolute Gasteiger partial charge is 0.255 e. The molecular formula is C21H24BrNO3. The maximum Gasteiger partial charge on any atom is 0.255 e.